The molecule has 0 fully saturated rings. The second kappa shape index (κ2) is 6.81. The molecule has 3 rings (SSSR count). The van der Waals surface area contributed by atoms with Gasteiger partial charge in [-0.2, -0.15) is 5.26 Å². The van der Waals surface area contributed by atoms with Crippen LogP contribution >= 0.6 is 11.8 Å². The molecular weight excluding hydrogens is 320 g/mol. The molecule has 4 nitrogen and oxygen atoms in total. The van der Waals surface area contributed by atoms with Gasteiger partial charge in [0.1, 0.15) is 5.75 Å². The molecular formula is C19H16N2O2S. The molecule has 0 saturated carbocycles. The summed E-state index contributed by atoms with van der Waals surface area (Å²) in [5, 5.41) is 9.48. The lowest BCUT2D eigenvalue weighted by atomic mass is 9.85. The fourth-order valence-electron chi connectivity index (χ4n) is 2.91. The van der Waals surface area contributed by atoms with Crippen LogP contribution in [-0.2, 0) is 0 Å². The molecule has 1 aliphatic rings. The molecule has 2 N–H and O–H groups in total. The number of hydrogen-bond donors (Lipinski definition) is 1. The van der Waals surface area contributed by atoms with E-state index < -0.39 is 11.2 Å². The first-order chi connectivity index (χ1) is 11.7. The largest absolute Gasteiger partial charge is 0.496 e. The van der Waals surface area contributed by atoms with Crippen LogP contribution in [0.2, 0.25) is 0 Å². The maximum Gasteiger partial charge on any atom is 0.177 e. The molecule has 0 spiro atoms. The van der Waals surface area contributed by atoms with E-state index in [1.807, 2.05) is 42.5 Å². The maximum atomic E-state index is 13.0. The number of ketones is 1. The highest BCUT2D eigenvalue weighted by Crippen LogP contribution is 2.48. The Kier molecular flexibility index (Phi) is 4.59. The molecule has 2 atom stereocenters. The number of rotatable bonds is 4. The number of ether oxygens (including phenoxy) is 1. The molecule has 2 aromatic rings. The Labute approximate surface area is 144 Å². The van der Waals surface area contributed by atoms with Crippen molar-refractivity contribution in [1.29, 1.82) is 5.26 Å². The quantitative estimate of drug-likeness (QED) is 0.865. The van der Waals surface area contributed by atoms with E-state index in [-0.39, 0.29) is 5.78 Å². The van der Waals surface area contributed by atoms with Crippen LogP contribution in [0.1, 0.15) is 21.8 Å². The summed E-state index contributed by atoms with van der Waals surface area (Å²) in [6, 6.07) is 18.7. The van der Waals surface area contributed by atoms with Gasteiger partial charge in [0.2, 0.25) is 0 Å². The highest BCUT2D eigenvalue weighted by atomic mass is 32.2. The molecule has 0 saturated heterocycles. The van der Waals surface area contributed by atoms with Crippen LogP contribution < -0.4 is 10.5 Å². The van der Waals surface area contributed by atoms with Crippen molar-refractivity contribution in [2.24, 2.45) is 5.73 Å². The summed E-state index contributed by atoms with van der Waals surface area (Å²) in [4.78, 5) is 13.0. The fourth-order valence-corrected chi connectivity index (χ4v) is 4.15. The van der Waals surface area contributed by atoms with Crippen molar-refractivity contribution in [2.45, 2.75) is 11.2 Å². The van der Waals surface area contributed by atoms with E-state index in [0.29, 0.717) is 21.9 Å². The minimum Gasteiger partial charge on any atom is -0.496 e. The lowest BCUT2D eigenvalue weighted by Gasteiger charge is -2.21. The number of nitrogens with two attached hydrogens (primary N) is 1. The average Bonchev–Trinajstić information content (AvgIpc) is 2.97. The van der Waals surface area contributed by atoms with Gasteiger partial charge in [-0.25, -0.2) is 0 Å². The van der Waals surface area contributed by atoms with E-state index in [1.165, 1.54) is 11.8 Å². The van der Waals surface area contributed by atoms with Crippen molar-refractivity contribution >= 4 is 17.5 Å². The molecule has 2 aromatic carbocycles. The Morgan fingerprint density at radius 1 is 1.17 bits per heavy atom. The first-order valence-corrected chi connectivity index (χ1v) is 8.34. The lowest BCUT2D eigenvalue weighted by Crippen LogP contribution is -2.23. The summed E-state index contributed by atoms with van der Waals surface area (Å²) in [6.45, 7) is 0. The number of para-hydroxylation sites is 1. The molecule has 0 aliphatic carbocycles. The monoisotopic (exact) mass is 336 g/mol. The number of nitrogens with zero attached hydrogens (tertiary/aromatic N) is 1. The Balaban J connectivity index is 2.07. The molecule has 2 unspecified atom stereocenters. The van der Waals surface area contributed by atoms with Crippen LogP contribution in [0.4, 0.5) is 0 Å². The van der Waals surface area contributed by atoms with E-state index in [9.17, 15) is 10.1 Å². The number of methoxy groups -OCH3 is 1. The molecule has 0 bridgehead atoms. The lowest BCUT2D eigenvalue weighted by molar-refractivity contribution is 0.0985. The summed E-state index contributed by atoms with van der Waals surface area (Å²) >= 11 is 1.25. The number of allylic oxidation sites excluding steroid dienone is 1. The summed E-state index contributed by atoms with van der Waals surface area (Å²) in [5.41, 5.74) is 7.89. The van der Waals surface area contributed by atoms with Crippen LogP contribution in [0.3, 0.4) is 0 Å². The standard InChI is InChI=1S/C19H16N2O2S/c1-23-15-10-6-5-9-13(15)16-14(11-20)19(21)24-18(16)17(22)12-7-3-2-4-8-12/h2-10,16,18H,21H2,1H3. The molecule has 0 amide bonds. The Morgan fingerprint density at radius 3 is 2.50 bits per heavy atom. The third-order valence-electron chi connectivity index (χ3n) is 4.04. The first-order valence-electron chi connectivity index (χ1n) is 7.46. The summed E-state index contributed by atoms with van der Waals surface area (Å²) in [6.07, 6.45) is 0. The Bertz CT molecular complexity index is 840. The maximum absolute atomic E-state index is 13.0. The Morgan fingerprint density at radius 2 is 1.83 bits per heavy atom. The number of thioether (sulfide) groups is 1. The molecule has 0 radical (unpaired) electrons. The van der Waals surface area contributed by atoms with Crippen molar-refractivity contribution in [3.63, 3.8) is 0 Å². The number of benzene rings is 2. The smallest absolute Gasteiger partial charge is 0.177 e. The number of nitriles is 1. The summed E-state index contributed by atoms with van der Waals surface area (Å²) in [5.74, 6) is 0.199. The van der Waals surface area contributed by atoms with E-state index in [2.05, 4.69) is 6.07 Å². The van der Waals surface area contributed by atoms with Crippen molar-refractivity contribution in [3.8, 4) is 11.8 Å². The SMILES string of the molecule is COc1ccccc1C1C(C#N)=C(N)SC1C(=O)c1ccccc1. The predicted molar refractivity (Wildman–Crippen MR) is 94.7 cm³/mol. The summed E-state index contributed by atoms with van der Waals surface area (Å²) in [7, 11) is 1.58. The van der Waals surface area contributed by atoms with Gasteiger partial charge in [-0.1, -0.05) is 60.3 Å². The number of hydrogen-bond acceptors (Lipinski definition) is 5. The van der Waals surface area contributed by atoms with Gasteiger partial charge in [0.05, 0.1) is 29.0 Å². The van der Waals surface area contributed by atoms with Gasteiger partial charge in [-0.15, -0.1) is 0 Å². The minimum atomic E-state index is -0.474. The molecule has 0 aromatic heterocycles. The van der Waals surface area contributed by atoms with Gasteiger partial charge in [-0.3, -0.25) is 4.79 Å². The van der Waals surface area contributed by atoms with Gasteiger partial charge in [0.25, 0.3) is 0 Å². The minimum absolute atomic E-state index is 0.0373. The zero-order valence-electron chi connectivity index (χ0n) is 13.1. The van der Waals surface area contributed by atoms with Crippen molar-refractivity contribution in [1.82, 2.24) is 0 Å². The zero-order valence-corrected chi connectivity index (χ0v) is 13.9. The zero-order chi connectivity index (χ0) is 17.1. The number of Topliss-reactive ketones (excluding diaryl/α,β-unsaturated/α-hetero) is 1. The highest BCUT2D eigenvalue weighted by Gasteiger charge is 2.42. The second-order valence-electron chi connectivity index (χ2n) is 5.38. The number of carbonyl (C=O) groups is 1. The third-order valence-corrected chi connectivity index (χ3v) is 5.26. The molecule has 5 heteroatoms. The van der Waals surface area contributed by atoms with Crippen LogP contribution in [-0.4, -0.2) is 18.1 Å². The average molecular weight is 336 g/mol. The van der Waals surface area contributed by atoms with Gasteiger partial charge < -0.3 is 10.5 Å². The van der Waals surface area contributed by atoms with E-state index in [1.54, 1.807) is 19.2 Å². The highest BCUT2D eigenvalue weighted by molar-refractivity contribution is 8.04. The molecule has 1 aliphatic heterocycles. The normalized spacial score (nSPS) is 19.8. The predicted octanol–water partition coefficient (Wildman–Crippen LogP) is 3.47. The van der Waals surface area contributed by atoms with Crippen molar-refractivity contribution < 1.29 is 9.53 Å². The van der Waals surface area contributed by atoms with Crippen LogP contribution in [0.15, 0.2) is 65.2 Å². The van der Waals surface area contributed by atoms with Gasteiger partial charge in [0, 0.05) is 17.0 Å². The third kappa shape index (κ3) is 2.77. The molecule has 1 heterocycles. The van der Waals surface area contributed by atoms with E-state index in [0.717, 1.165) is 5.56 Å². The van der Waals surface area contributed by atoms with E-state index >= 15 is 0 Å². The second-order valence-corrected chi connectivity index (χ2v) is 6.56. The topological polar surface area (TPSA) is 76.1 Å². The van der Waals surface area contributed by atoms with Crippen molar-refractivity contribution in [2.75, 3.05) is 7.11 Å². The van der Waals surface area contributed by atoms with Gasteiger partial charge in [0.15, 0.2) is 5.78 Å². The van der Waals surface area contributed by atoms with Crippen LogP contribution in [0.25, 0.3) is 0 Å². The summed E-state index contributed by atoms with van der Waals surface area (Å²) < 4.78 is 5.43. The van der Waals surface area contributed by atoms with Crippen LogP contribution in [0, 0.1) is 11.3 Å². The fraction of sp³-hybridized carbons (Fsp3) is 0.158. The molecule has 120 valence electrons. The van der Waals surface area contributed by atoms with E-state index in [4.69, 9.17) is 10.5 Å². The van der Waals surface area contributed by atoms with Gasteiger partial charge >= 0.3 is 0 Å². The Hall–Kier alpha value is -2.71. The first kappa shape index (κ1) is 16.2. The molecule has 24 heavy (non-hydrogen) atoms. The number of carbonyl (C=O) groups excluding carboxylic acids is 1. The van der Waals surface area contributed by atoms with Crippen LogP contribution in [0.5, 0.6) is 5.75 Å². The van der Waals surface area contributed by atoms with Gasteiger partial charge in [-0.05, 0) is 6.07 Å². The van der Waals surface area contributed by atoms with Crippen molar-refractivity contribution in [3.05, 3.63) is 76.3 Å².